The third kappa shape index (κ3) is 1.12. The molecule has 3 nitrogen and oxygen atoms in total. The fourth-order valence-corrected chi connectivity index (χ4v) is 1.58. The molecule has 0 radical (unpaired) electrons. The van der Waals surface area contributed by atoms with Gasteiger partial charge in [0.05, 0.1) is 16.8 Å². The summed E-state index contributed by atoms with van der Waals surface area (Å²) in [7, 11) is 0. The van der Waals surface area contributed by atoms with Crippen molar-refractivity contribution in [1.29, 1.82) is 0 Å². The molecule has 0 amide bonds. The highest BCUT2D eigenvalue weighted by Crippen LogP contribution is 2.60. The molecular formula is C9H11F2N3. The topological polar surface area (TPSA) is 51.8 Å². The molecule has 0 aliphatic heterocycles. The molecule has 0 bridgehead atoms. The Labute approximate surface area is 80.4 Å². The van der Waals surface area contributed by atoms with Crippen LogP contribution in [0.25, 0.3) is 0 Å². The largest absolute Gasteiger partial charge is 0.329 e. The van der Waals surface area contributed by atoms with Gasteiger partial charge in [0.15, 0.2) is 0 Å². The van der Waals surface area contributed by atoms with Gasteiger partial charge in [0.25, 0.3) is 5.92 Å². The van der Waals surface area contributed by atoms with Crippen LogP contribution in [0, 0.1) is 6.92 Å². The lowest BCUT2D eigenvalue weighted by atomic mass is 10.0. The van der Waals surface area contributed by atoms with E-state index in [0.29, 0.717) is 11.4 Å². The summed E-state index contributed by atoms with van der Waals surface area (Å²) < 4.78 is 26.2. The van der Waals surface area contributed by atoms with Gasteiger partial charge in [-0.3, -0.25) is 9.97 Å². The van der Waals surface area contributed by atoms with Crippen LogP contribution < -0.4 is 5.73 Å². The lowest BCUT2D eigenvalue weighted by Gasteiger charge is -2.12. The highest BCUT2D eigenvalue weighted by Gasteiger charge is 2.72. The van der Waals surface area contributed by atoms with Crippen LogP contribution in [0.5, 0.6) is 0 Å². The average molecular weight is 199 g/mol. The van der Waals surface area contributed by atoms with Crippen molar-refractivity contribution in [2.75, 3.05) is 6.54 Å². The summed E-state index contributed by atoms with van der Waals surface area (Å²) in [6.45, 7) is 1.68. The van der Waals surface area contributed by atoms with Crippen molar-refractivity contribution in [3.05, 3.63) is 23.8 Å². The van der Waals surface area contributed by atoms with Crippen molar-refractivity contribution < 1.29 is 8.78 Å². The molecule has 1 atom stereocenters. The number of alkyl halides is 2. The first-order valence-corrected chi connectivity index (χ1v) is 4.39. The fraction of sp³-hybridized carbons (Fsp3) is 0.556. The summed E-state index contributed by atoms with van der Waals surface area (Å²) >= 11 is 0. The maximum absolute atomic E-state index is 13.1. The summed E-state index contributed by atoms with van der Waals surface area (Å²) in [5.74, 6) is -2.72. The van der Waals surface area contributed by atoms with Crippen molar-refractivity contribution in [3.8, 4) is 0 Å². The molecule has 1 aromatic heterocycles. The first-order valence-electron chi connectivity index (χ1n) is 4.39. The van der Waals surface area contributed by atoms with E-state index < -0.39 is 11.3 Å². The van der Waals surface area contributed by atoms with Crippen molar-refractivity contribution >= 4 is 0 Å². The second kappa shape index (κ2) is 2.70. The zero-order chi connectivity index (χ0) is 10.4. The van der Waals surface area contributed by atoms with Crippen LogP contribution in [-0.4, -0.2) is 22.4 Å². The maximum atomic E-state index is 13.1. The van der Waals surface area contributed by atoms with E-state index >= 15 is 0 Å². The zero-order valence-corrected chi connectivity index (χ0v) is 7.80. The second-order valence-corrected chi connectivity index (χ2v) is 3.71. The van der Waals surface area contributed by atoms with Gasteiger partial charge in [-0.15, -0.1) is 0 Å². The third-order valence-corrected chi connectivity index (χ3v) is 2.72. The van der Waals surface area contributed by atoms with Crippen LogP contribution in [0.15, 0.2) is 12.4 Å². The lowest BCUT2D eigenvalue weighted by Crippen LogP contribution is -2.28. The lowest BCUT2D eigenvalue weighted by molar-refractivity contribution is 0.0885. The number of aromatic nitrogens is 2. The number of aryl methyl sites for hydroxylation is 1. The van der Waals surface area contributed by atoms with Crippen LogP contribution >= 0.6 is 0 Å². The molecule has 1 unspecified atom stereocenters. The van der Waals surface area contributed by atoms with Crippen LogP contribution in [0.2, 0.25) is 0 Å². The summed E-state index contributed by atoms with van der Waals surface area (Å²) in [6.07, 6.45) is 2.67. The van der Waals surface area contributed by atoms with Gasteiger partial charge in [-0.1, -0.05) is 0 Å². The van der Waals surface area contributed by atoms with Crippen molar-refractivity contribution in [2.24, 2.45) is 5.73 Å². The predicted molar refractivity (Wildman–Crippen MR) is 47.1 cm³/mol. The second-order valence-electron chi connectivity index (χ2n) is 3.71. The molecule has 1 aliphatic rings. The van der Waals surface area contributed by atoms with Gasteiger partial charge in [0, 0.05) is 25.4 Å². The Morgan fingerprint density at radius 2 is 2.07 bits per heavy atom. The van der Waals surface area contributed by atoms with Gasteiger partial charge in [-0.2, -0.15) is 0 Å². The predicted octanol–water partition coefficient (Wildman–Crippen LogP) is 1.02. The number of hydrogen-bond acceptors (Lipinski definition) is 3. The summed E-state index contributed by atoms with van der Waals surface area (Å²) in [6, 6.07) is 0. The van der Waals surface area contributed by atoms with Crippen molar-refractivity contribution in [2.45, 2.75) is 24.7 Å². The molecule has 0 aromatic carbocycles. The molecule has 0 saturated heterocycles. The van der Waals surface area contributed by atoms with E-state index in [4.69, 9.17) is 5.73 Å². The average Bonchev–Trinajstić information content (AvgIpc) is 2.71. The molecule has 1 aromatic rings. The summed E-state index contributed by atoms with van der Waals surface area (Å²) in [4.78, 5) is 7.90. The number of rotatable bonds is 2. The first kappa shape index (κ1) is 9.45. The standard InChI is InChI=1S/C9H11F2N3/c1-6-2-14-7(3-13-6)8(5-12)4-9(8,10)11/h2-3H,4-5,12H2,1H3. The third-order valence-electron chi connectivity index (χ3n) is 2.72. The van der Waals surface area contributed by atoms with E-state index in [9.17, 15) is 8.78 Å². The monoisotopic (exact) mass is 199 g/mol. The quantitative estimate of drug-likeness (QED) is 0.773. The summed E-state index contributed by atoms with van der Waals surface area (Å²) in [5, 5.41) is 0. The molecule has 5 heteroatoms. The molecule has 0 spiro atoms. The van der Waals surface area contributed by atoms with Gasteiger partial charge >= 0.3 is 0 Å². The Bertz CT molecular complexity index is 350. The minimum absolute atomic E-state index is 0.0856. The molecule has 2 rings (SSSR count). The summed E-state index contributed by atoms with van der Waals surface area (Å²) in [5.41, 5.74) is 5.12. The van der Waals surface area contributed by atoms with Gasteiger partial charge < -0.3 is 5.73 Å². The number of halogens is 2. The van der Waals surface area contributed by atoms with Gasteiger partial charge in [0.2, 0.25) is 0 Å². The van der Waals surface area contributed by atoms with Gasteiger partial charge in [-0.25, -0.2) is 8.78 Å². The maximum Gasteiger partial charge on any atom is 0.261 e. The molecule has 2 N–H and O–H groups in total. The normalized spacial score (nSPS) is 28.9. The zero-order valence-electron chi connectivity index (χ0n) is 7.80. The van der Waals surface area contributed by atoms with Crippen molar-refractivity contribution in [3.63, 3.8) is 0 Å². The van der Waals surface area contributed by atoms with E-state index in [1.807, 2.05) is 0 Å². The van der Waals surface area contributed by atoms with Crippen LogP contribution in [0.4, 0.5) is 8.78 Å². The molecule has 76 valence electrons. The molecule has 1 saturated carbocycles. The number of hydrogen-bond donors (Lipinski definition) is 1. The molecule has 14 heavy (non-hydrogen) atoms. The van der Waals surface area contributed by atoms with Crippen LogP contribution in [0.1, 0.15) is 17.8 Å². The van der Waals surface area contributed by atoms with E-state index in [2.05, 4.69) is 9.97 Å². The van der Waals surface area contributed by atoms with E-state index in [1.54, 1.807) is 6.92 Å². The molecule has 1 aliphatic carbocycles. The Balaban J connectivity index is 2.36. The van der Waals surface area contributed by atoms with E-state index in [1.165, 1.54) is 12.4 Å². The SMILES string of the molecule is Cc1cnc(C2(CN)CC2(F)F)cn1. The van der Waals surface area contributed by atoms with Crippen LogP contribution in [-0.2, 0) is 5.41 Å². The number of nitrogens with zero attached hydrogens (tertiary/aromatic N) is 2. The first-order chi connectivity index (χ1) is 6.52. The Morgan fingerprint density at radius 3 is 2.43 bits per heavy atom. The highest BCUT2D eigenvalue weighted by molar-refractivity contribution is 5.32. The fourth-order valence-electron chi connectivity index (χ4n) is 1.58. The Kier molecular flexibility index (Phi) is 1.82. The smallest absolute Gasteiger partial charge is 0.261 e. The number of nitrogens with two attached hydrogens (primary N) is 1. The molecule has 1 fully saturated rings. The van der Waals surface area contributed by atoms with Crippen molar-refractivity contribution in [1.82, 2.24) is 9.97 Å². The van der Waals surface area contributed by atoms with Gasteiger partial charge in [-0.05, 0) is 6.92 Å². The van der Waals surface area contributed by atoms with Crippen LogP contribution in [0.3, 0.4) is 0 Å². The Hall–Kier alpha value is -1.10. The molecule has 1 heterocycles. The van der Waals surface area contributed by atoms with E-state index in [-0.39, 0.29) is 13.0 Å². The Morgan fingerprint density at radius 1 is 1.43 bits per heavy atom. The minimum atomic E-state index is -2.72. The minimum Gasteiger partial charge on any atom is -0.329 e. The van der Waals surface area contributed by atoms with Gasteiger partial charge in [0.1, 0.15) is 0 Å². The highest BCUT2D eigenvalue weighted by atomic mass is 19.3. The molecular weight excluding hydrogens is 188 g/mol. The van der Waals surface area contributed by atoms with E-state index in [0.717, 1.165) is 0 Å².